The fourth-order valence-electron chi connectivity index (χ4n) is 0.499. The minimum atomic E-state index is -0.818. The van der Waals surface area contributed by atoms with Gasteiger partial charge in [-0.05, 0) is 19.1 Å². The van der Waals surface area contributed by atoms with Crippen LogP contribution in [0.4, 0.5) is 0 Å². The Morgan fingerprint density at radius 2 is 2.27 bits per heavy atom. The largest absolute Gasteiger partial charge is 0.478 e. The first-order valence-corrected chi connectivity index (χ1v) is 4.81. The molecule has 0 fully saturated rings. The van der Waals surface area contributed by atoms with Crippen LogP contribution < -0.4 is 0 Å². The van der Waals surface area contributed by atoms with Crippen molar-refractivity contribution in [2.45, 2.75) is 20.3 Å². The molecule has 0 bridgehead atoms. The molecule has 0 aliphatic rings. The van der Waals surface area contributed by atoms with Crippen LogP contribution in [0.25, 0.3) is 0 Å². The first kappa shape index (κ1) is 10.6. The van der Waals surface area contributed by atoms with Crippen molar-refractivity contribution in [3.8, 4) is 0 Å². The normalized spacial score (nSPS) is 11.6. The molecule has 0 aromatic carbocycles. The van der Waals surface area contributed by atoms with Crippen LogP contribution in [0.1, 0.15) is 20.3 Å². The Labute approximate surface area is 71.7 Å². The van der Waals surface area contributed by atoms with Gasteiger partial charge in [-0.2, -0.15) is 11.8 Å². The summed E-state index contributed by atoms with van der Waals surface area (Å²) >= 11 is 1.76. The summed E-state index contributed by atoms with van der Waals surface area (Å²) in [7, 11) is 0. The Balaban J connectivity index is 3.48. The van der Waals surface area contributed by atoms with Gasteiger partial charge in [0, 0.05) is 11.3 Å². The monoisotopic (exact) mass is 174 g/mol. The lowest BCUT2D eigenvalue weighted by molar-refractivity contribution is -0.132. The zero-order chi connectivity index (χ0) is 8.69. The van der Waals surface area contributed by atoms with Gasteiger partial charge in [-0.3, -0.25) is 0 Å². The van der Waals surface area contributed by atoms with Gasteiger partial charge in [-0.25, -0.2) is 4.79 Å². The van der Waals surface area contributed by atoms with Gasteiger partial charge < -0.3 is 5.11 Å². The van der Waals surface area contributed by atoms with E-state index in [1.807, 2.05) is 0 Å². The van der Waals surface area contributed by atoms with E-state index in [0.29, 0.717) is 5.57 Å². The van der Waals surface area contributed by atoms with Crippen LogP contribution in [0.3, 0.4) is 0 Å². The Morgan fingerprint density at radius 3 is 2.73 bits per heavy atom. The molecular formula is C8H14O2S. The maximum atomic E-state index is 10.3. The van der Waals surface area contributed by atoms with E-state index in [-0.39, 0.29) is 0 Å². The van der Waals surface area contributed by atoms with Gasteiger partial charge in [0.25, 0.3) is 0 Å². The lowest BCUT2D eigenvalue weighted by Crippen LogP contribution is -1.96. The summed E-state index contributed by atoms with van der Waals surface area (Å²) in [6.45, 7) is 3.73. The van der Waals surface area contributed by atoms with Crippen LogP contribution >= 0.6 is 11.8 Å². The molecule has 11 heavy (non-hydrogen) atoms. The average molecular weight is 174 g/mol. The van der Waals surface area contributed by atoms with E-state index in [4.69, 9.17) is 5.11 Å². The minimum Gasteiger partial charge on any atom is -0.478 e. The molecule has 0 unspecified atom stereocenters. The molecule has 0 aliphatic carbocycles. The zero-order valence-corrected chi connectivity index (χ0v) is 7.78. The predicted octanol–water partition coefficient (Wildman–Crippen LogP) is 2.16. The van der Waals surface area contributed by atoms with Gasteiger partial charge in [-0.1, -0.05) is 13.0 Å². The summed E-state index contributed by atoms with van der Waals surface area (Å²) in [5.74, 6) is 1.09. The number of thioether (sulfide) groups is 1. The van der Waals surface area contributed by atoms with E-state index in [2.05, 4.69) is 6.92 Å². The topological polar surface area (TPSA) is 37.3 Å². The van der Waals surface area contributed by atoms with E-state index in [1.54, 1.807) is 24.8 Å². The number of carboxylic acids is 1. The first-order valence-electron chi connectivity index (χ1n) is 3.66. The van der Waals surface area contributed by atoms with Crippen molar-refractivity contribution in [3.63, 3.8) is 0 Å². The van der Waals surface area contributed by atoms with Crippen molar-refractivity contribution in [2.75, 3.05) is 11.5 Å². The molecule has 64 valence electrons. The number of hydrogen-bond acceptors (Lipinski definition) is 2. The molecule has 1 N–H and O–H groups in total. The van der Waals surface area contributed by atoms with E-state index in [9.17, 15) is 4.79 Å². The predicted molar refractivity (Wildman–Crippen MR) is 49.0 cm³/mol. The Hall–Kier alpha value is -0.440. The van der Waals surface area contributed by atoms with Gasteiger partial charge in [0.1, 0.15) is 0 Å². The van der Waals surface area contributed by atoms with Crippen LogP contribution in [0.15, 0.2) is 11.6 Å². The molecule has 2 nitrogen and oxygen atoms in total. The second-order valence-corrected chi connectivity index (χ2v) is 3.42. The van der Waals surface area contributed by atoms with Crippen LogP contribution in [0.2, 0.25) is 0 Å². The van der Waals surface area contributed by atoms with Crippen LogP contribution in [-0.2, 0) is 4.79 Å². The second-order valence-electron chi connectivity index (χ2n) is 2.27. The summed E-state index contributed by atoms with van der Waals surface area (Å²) < 4.78 is 0. The first-order chi connectivity index (χ1) is 5.18. The van der Waals surface area contributed by atoms with Crippen molar-refractivity contribution >= 4 is 17.7 Å². The summed E-state index contributed by atoms with van der Waals surface area (Å²) in [6, 6.07) is 0. The number of carboxylic acid groups (broad SMARTS) is 1. The molecule has 0 aromatic rings. The van der Waals surface area contributed by atoms with Gasteiger partial charge in [0.2, 0.25) is 0 Å². The van der Waals surface area contributed by atoms with E-state index < -0.39 is 5.97 Å². The van der Waals surface area contributed by atoms with Crippen molar-refractivity contribution in [3.05, 3.63) is 11.6 Å². The lowest BCUT2D eigenvalue weighted by atomic mass is 10.3. The van der Waals surface area contributed by atoms with Crippen molar-refractivity contribution in [2.24, 2.45) is 0 Å². The molecule has 0 saturated heterocycles. The fourth-order valence-corrected chi connectivity index (χ4v) is 1.32. The number of carbonyl (C=O) groups is 1. The van der Waals surface area contributed by atoms with Gasteiger partial charge in [0.05, 0.1) is 0 Å². The quantitative estimate of drug-likeness (QED) is 0.512. The molecule has 0 radical (unpaired) electrons. The molecule has 0 atom stereocenters. The maximum absolute atomic E-state index is 10.3. The van der Waals surface area contributed by atoms with Gasteiger partial charge in [-0.15, -0.1) is 0 Å². The molecule has 0 saturated carbocycles. The molecule has 0 amide bonds. The number of aliphatic carboxylic acids is 1. The minimum absolute atomic E-state index is 0.439. The Kier molecular flexibility index (Phi) is 6.03. The van der Waals surface area contributed by atoms with E-state index >= 15 is 0 Å². The zero-order valence-electron chi connectivity index (χ0n) is 6.96. The van der Waals surface area contributed by atoms with Crippen molar-refractivity contribution in [1.82, 2.24) is 0 Å². The highest BCUT2D eigenvalue weighted by Crippen LogP contribution is 2.04. The summed E-state index contributed by atoms with van der Waals surface area (Å²) in [5, 5.41) is 8.46. The number of hydrogen-bond donors (Lipinski definition) is 1. The third kappa shape index (κ3) is 5.98. The Morgan fingerprint density at radius 1 is 1.64 bits per heavy atom. The second kappa shape index (κ2) is 6.28. The molecule has 0 rings (SSSR count). The Bertz CT molecular complexity index is 152. The SMILES string of the molecule is CCCSCC=C(C)C(=O)O. The summed E-state index contributed by atoms with van der Waals surface area (Å²) in [5.41, 5.74) is 0.439. The molecule has 0 aromatic heterocycles. The van der Waals surface area contributed by atoms with Gasteiger partial charge >= 0.3 is 5.97 Å². The highest BCUT2D eigenvalue weighted by atomic mass is 32.2. The molecule has 3 heteroatoms. The summed E-state index contributed by atoms with van der Waals surface area (Å²) in [6.07, 6.45) is 2.90. The van der Waals surface area contributed by atoms with Crippen LogP contribution in [0, 0.1) is 0 Å². The fraction of sp³-hybridized carbons (Fsp3) is 0.625. The van der Waals surface area contributed by atoms with Crippen LogP contribution in [0.5, 0.6) is 0 Å². The number of rotatable bonds is 5. The standard InChI is InChI=1S/C8H14O2S/c1-3-5-11-6-4-7(2)8(9)10/h4H,3,5-6H2,1-2H3,(H,9,10). The van der Waals surface area contributed by atoms with Crippen molar-refractivity contribution in [1.29, 1.82) is 0 Å². The maximum Gasteiger partial charge on any atom is 0.330 e. The average Bonchev–Trinajstić information content (AvgIpc) is 1.97. The third-order valence-corrected chi connectivity index (χ3v) is 2.29. The molecule has 0 heterocycles. The van der Waals surface area contributed by atoms with E-state index in [0.717, 1.165) is 17.9 Å². The van der Waals surface area contributed by atoms with E-state index in [1.165, 1.54) is 0 Å². The van der Waals surface area contributed by atoms with Gasteiger partial charge in [0.15, 0.2) is 0 Å². The molecule has 0 aliphatic heterocycles. The highest BCUT2D eigenvalue weighted by Gasteiger charge is 1.96. The third-order valence-electron chi connectivity index (χ3n) is 1.19. The molecule has 0 spiro atoms. The molecular weight excluding hydrogens is 160 g/mol. The van der Waals surface area contributed by atoms with Crippen LogP contribution in [-0.4, -0.2) is 22.6 Å². The summed E-state index contributed by atoms with van der Waals surface area (Å²) in [4.78, 5) is 10.3. The smallest absolute Gasteiger partial charge is 0.330 e. The highest BCUT2D eigenvalue weighted by molar-refractivity contribution is 7.99. The van der Waals surface area contributed by atoms with Crippen molar-refractivity contribution < 1.29 is 9.90 Å². The lowest BCUT2D eigenvalue weighted by Gasteiger charge is -1.94.